The van der Waals surface area contributed by atoms with Gasteiger partial charge in [-0.05, 0) is 134 Å². The lowest BCUT2D eigenvalue weighted by Gasteiger charge is -2.36. The molecule has 0 radical (unpaired) electrons. The van der Waals surface area contributed by atoms with Crippen molar-refractivity contribution in [1.82, 2.24) is 40.4 Å². The number of aromatic nitrogens is 4. The van der Waals surface area contributed by atoms with Crippen LogP contribution in [0.1, 0.15) is 137 Å². The number of hydrogen-bond acceptors (Lipinski definition) is 10. The number of carbonyl (C=O) groups excluding carboxylic acids is 3. The summed E-state index contributed by atoms with van der Waals surface area (Å²) in [6.45, 7) is 9.36. The molecule has 402 valence electrons. The van der Waals surface area contributed by atoms with Crippen LogP contribution in [0, 0.1) is 23.5 Å². The zero-order valence-corrected chi connectivity index (χ0v) is 43.9. The average Bonchev–Trinajstić information content (AvgIpc) is 4.28. The minimum Gasteiger partial charge on any atom is -0.497 e. The molecule has 4 amide bonds. The van der Waals surface area contributed by atoms with E-state index in [0.29, 0.717) is 80.2 Å². The second kappa shape index (κ2) is 21.7. The van der Waals surface area contributed by atoms with E-state index in [1.165, 1.54) is 24.8 Å². The number of rotatable bonds is 14. The van der Waals surface area contributed by atoms with Crippen LogP contribution in [0.25, 0.3) is 22.1 Å². The van der Waals surface area contributed by atoms with Gasteiger partial charge >= 0.3 is 12.2 Å². The molecule has 0 bridgehead atoms. The van der Waals surface area contributed by atoms with Gasteiger partial charge in [0.05, 0.1) is 60.5 Å². The number of anilines is 2. The van der Waals surface area contributed by atoms with E-state index in [1.54, 1.807) is 16.9 Å². The number of nitrogens with one attached hydrogen (secondary N) is 4. The Morgan fingerprint density at radius 2 is 1.12 bits per heavy atom. The van der Waals surface area contributed by atoms with Crippen molar-refractivity contribution >= 4 is 57.4 Å². The lowest BCUT2D eigenvalue weighted by molar-refractivity contribution is -0.136. The number of piperidine rings is 1. The van der Waals surface area contributed by atoms with Gasteiger partial charge in [-0.2, -0.15) is 0 Å². The average molecular weight is 1040 g/mol. The van der Waals surface area contributed by atoms with Crippen LogP contribution in [0.2, 0.25) is 0 Å². The Balaban J connectivity index is 0.963. The highest BCUT2D eigenvalue weighted by Gasteiger charge is 2.41. The first kappa shape index (κ1) is 52.0. The van der Waals surface area contributed by atoms with Crippen molar-refractivity contribution in [1.29, 1.82) is 0 Å². The highest BCUT2D eigenvalue weighted by atomic mass is 19.1. The number of carbonyl (C=O) groups is 4. The summed E-state index contributed by atoms with van der Waals surface area (Å²) in [5, 5.41) is 14.6. The zero-order valence-electron chi connectivity index (χ0n) is 43.9. The molecule has 0 unspecified atom stereocenters. The maximum absolute atomic E-state index is 16.9. The van der Waals surface area contributed by atoms with E-state index < -0.39 is 35.9 Å². The molecular weight excluding hydrogens is 975 g/mol. The van der Waals surface area contributed by atoms with Crippen LogP contribution >= 0.6 is 0 Å². The van der Waals surface area contributed by atoms with Crippen molar-refractivity contribution in [3.05, 3.63) is 113 Å². The van der Waals surface area contributed by atoms with Crippen molar-refractivity contribution in [2.45, 2.75) is 121 Å². The quantitative estimate of drug-likeness (QED) is 0.0695. The molecule has 6 aromatic rings. The van der Waals surface area contributed by atoms with E-state index in [-0.39, 0.29) is 59.4 Å². The molecule has 4 fully saturated rings. The Hall–Kier alpha value is -7.44. The summed E-state index contributed by atoms with van der Waals surface area (Å²) < 4.78 is 43.9. The standard InChI is InChI=1S/C57H68F2N10O7/c1-31(2)49(64-56(72)73)54(70)67-23-7-9-47(67)52-60-41-17-13-35(27-43(41)62-52)45-19-20-46(69(45)37-29-39(58)51(40(59)30-37)66-25-21-34(22-26-66)33-11-15-38(75-5)16-12-33)36-14-18-42-44(28-36)63-53(61-42)48-10-8-24-68(48)55(71)50(32(3)4)65-57(74)76-6/h11-18,27-32,34,45-50,64H,7-10,19-26H2,1-6H3,(H,60,62)(H,61,63)(H,65,74)(H,72,73)/t45-,46-,47+,48+,49+,50+/m1/s1. The second-order valence-corrected chi connectivity index (χ2v) is 21.5. The molecular formula is C57H68F2N10O7. The molecule has 10 rings (SSSR count). The van der Waals surface area contributed by atoms with Crippen molar-refractivity contribution in [2.24, 2.45) is 11.8 Å². The number of halogens is 2. The number of imidazole rings is 2. The predicted molar refractivity (Wildman–Crippen MR) is 284 cm³/mol. The highest BCUT2D eigenvalue weighted by Crippen LogP contribution is 2.49. The van der Waals surface area contributed by atoms with Crippen LogP contribution in [0.15, 0.2) is 72.8 Å². The number of hydrogen-bond donors (Lipinski definition) is 5. The number of H-pyrrole nitrogens is 2. The SMILES string of the molecule is COC(=O)N[C@H](C(=O)N1CCC[C@H]1c1nc2ccc([C@H]3CC[C@H](c4ccc5nc([C@@H]6CCCN6C(=O)[C@@H](NC(=O)O)C(C)C)[nH]c5c4)N3c3cc(F)c(N4CCC(c5ccc(OC)cc5)CC4)c(F)c3)cc2[nH]1)C(C)C. The number of methoxy groups -OCH3 is 2. The molecule has 17 nitrogen and oxygen atoms in total. The van der Waals surface area contributed by atoms with Gasteiger partial charge in [-0.1, -0.05) is 52.0 Å². The molecule has 76 heavy (non-hydrogen) atoms. The number of likely N-dealkylation sites (tertiary alicyclic amines) is 2. The molecule has 6 heterocycles. The smallest absolute Gasteiger partial charge is 0.407 e. The third-order valence-electron chi connectivity index (χ3n) is 16.2. The lowest BCUT2D eigenvalue weighted by Crippen LogP contribution is -2.51. The Morgan fingerprint density at radius 3 is 1.58 bits per heavy atom. The van der Waals surface area contributed by atoms with Gasteiger partial charge in [0.15, 0.2) is 11.6 Å². The second-order valence-electron chi connectivity index (χ2n) is 21.5. The molecule has 4 aliphatic rings. The van der Waals surface area contributed by atoms with Crippen LogP contribution in [-0.4, -0.2) is 111 Å². The summed E-state index contributed by atoms with van der Waals surface area (Å²) in [7, 11) is 2.91. The number of nitrogens with zero attached hydrogens (tertiary/aromatic N) is 6. The number of aromatic amines is 2. The van der Waals surface area contributed by atoms with Gasteiger partial charge in [0.1, 0.15) is 35.2 Å². The maximum Gasteiger partial charge on any atom is 0.407 e. The summed E-state index contributed by atoms with van der Waals surface area (Å²) >= 11 is 0. The first-order chi connectivity index (χ1) is 36.6. The third kappa shape index (κ3) is 10.2. The Labute approximate surface area is 440 Å². The van der Waals surface area contributed by atoms with Gasteiger partial charge in [0, 0.05) is 31.9 Å². The van der Waals surface area contributed by atoms with Gasteiger partial charge in [-0.3, -0.25) is 9.59 Å². The number of ether oxygens (including phenoxy) is 2. The molecule has 4 saturated heterocycles. The van der Waals surface area contributed by atoms with Gasteiger partial charge in [-0.25, -0.2) is 28.3 Å². The topological polar surface area (TPSA) is 201 Å². The molecule has 4 aromatic carbocycles. The van der Waals surface area contributed by atoms with Gasteiger partial charge in [-0.15, -0.1) is 0 Å². The summed E-state index contributed by atoms with van der Waals surface area (Å²) in [6.07, 6.45) is 3.73. The van der Waals surface area contributed by atoms with Crippen molar-refractivity contribution in [2.75, 3.05) is 50.2 Å². The van der Waals surface area contributed by atoms with Crippen molar-refractivity contribution < 1.29 is 42.5 Å². The Kier molecular flexibility index (Phi) is 14.8. The summed E-state index contributed by atoms with van der Waals surface area (Å²) in [6, 6.07) is 19.9. The van der Waals surface area contributed by atoms with Crippen molar-refractivity contribution in [3.63, 3.8) is 0 Å². The number of alkyl carbamates (subject to hydrolysis) is 1. The lowest BCUT2D eigenvalue weighted by atomic mass is 9.89. The summed E-state index contributed by atoms with van der Waals surface area (Å²) in [4.78, 5) is 76.1. The Morgan fingerprint density at radius 1 is 0.632 bits per heavy atom. The fourth-order valence-electron chi connectivity index (χ4n) is 12.3. The van der Waals surface area contributed by atoms with Crippen LogP contribution in [0.3, 0.4) is 0 Å². The van der Waals surface area contributed by atoms with Gasteiger partial charge < -0.3 is 54.8 Å². The minimum absolute atomic E-state index is 0.0276. The first-order valence-electron chi connectivity index (χ1n) is 26.7. The number of fused-ring (bicyclic) bond motifs is 2. The number of benzene rings is 4. The number of amides is 4. The van der Waals surface area contributed by atoms with E-state index in [4.69, 9.17) is 19.4 Å². The summed E-state index contributed by atoms with van der Waals surface area (Å²) in [5.41, 5.74) is 6.31. The number of carboxylic acid groups (broad SMARTS) is 1. The van der Waals surface area contributed by atoms with Crippen LogP contribution in [0.5, 0.6) is 5.75 Å². The molecule has 4 aliphatic heterocycles. The highest BCUT2D eigenvalue weighted by molar-refractivity contribution is 5.87. The van der Waals surface area contributed by atoms with E-state index in [9.17, 15) is 24.3 Å². The van der Waals surface area contributed by atoms with E-state index in [0.717, 1.165) is 53.6 Å². The first-order valence-corrected chi connectivity index (χ1v) is 26.7. The molecule has 0 spiro atoms. The molecule has 5 N–H and O–H groups in total. The molecule has 0 aliphatic carbocycles. The van der Waals surface area contributed by atoms with Crippen molar-refractivity contribution in [3.8, 4) is 5.75 Å². The minimum atomic E-state index is -1.25. The molecule has 6 atom stereocenters. The van der Waals surface area contributed by atoms with Gasteiger partial charge in [0.2, 0.25) is 11.8 Å². The van der Waals surface area contributed by atoms with Crippen LogP contribution in [0.4, 0.5) is 29.7 Å². The third-order valence-corrected chi connectivity index (χ3v) is 16.2. The molecule has 0 saturated carbocycles. The van der Waals surface area contributed by atoms with Crippen LogP contribution in [-0.2, 0) is 14.3 Å². The van der Waals surface area contributed by atoms with Crippen LogP contribution < -0.4 is 25.2 Å². The largest absolute Gasteiger partial charge is 0.497 e. The molecule has 2 aromatic heterocycles. The van der Waals surface area contributed by atoms with E-state index in [1.807, 2.05) is 81.1 Å². The maximum atomic E-state index is 16.9. The Bertz CT molecular complexity index is 3090. The zero-order chi connectivity index (χ0) is 53.5. The van der Waals surface area contributed by atoms with E-state index >= 15 is 8.78 Å². The van der Waals surface area contributed by atoms with Gasteiger partial charge in [0.25, 0.3) is 0 Å². The fraction of sp³-hybridized carbons (Fsp3) is 0.474. The van der Waals surface area contributed by atoms with E-state index in [2.05, 4.69) is 37.6 Å². The molecule has 19 heteroatoms. The normalized spacial score (nSPS) is 21.0. The predicted octanol–water partition coefficient (Wildman–Crippen LogP) is 10.2. The fourth-order valence-corrected chi connectivity index (χ4v) is 12.3. The summed E-state index contributed by atoms with van der Waals surface area (Å²) in [5.74, 6) is 0.0988. The monoisotopic (exact) mass is 1040 g/mol.